The molecule has 0 saturated carbocycles. The van der Waals surface area contributed by atoms with Crippen molar-refractivity contribution in [3.05, 3.63) is 46.8 Å². The number of carbonyl (C=O) groups is 2. The molecule has 30 heavy (non-hydrogen) atoms. The zero-order chi connectivity index (χ0) is 21.7. The fraction of sp³-hybridized carbons (Fsp3) is 0.286. The van der Waals surface area contributed by atoms with Crippen LogP contribution >= 0.6 is 23.1 Å². The van der Waals surface area contributed by atoms with Crippen LogP contribution in [0.15, 0.2) is 46.3 Å². The van der Waals surface area contributed by atoms with E-state index in [1.807, 2.05) is 18.4 Å². The van der Waals surface area contributed by atoms with E-state index in [0.29, 0.717) is 27.4 Å². The standard InChI is InChI=1S/C21H22N2O5S2/c1-5-28-19(24)12-23-15-10-16(26-2)17(27-3)11-18(15)30-21(23)22-20(25)13-6-8-14(29-4)9-7-13/h6-11H,5,12H2,1-4H3. The number of ether oxygens (including phenoxy) is 3. The number of thioether (sulfide) groups is 1. The number of thiazole rings is 1. The summed E-state index contributed by atoms with van der Waals surface area (Å²) in [5, 5.41) is 0. The van der Waals surface area contributed by atoms with Crippen LogP contribution in [0.4, 0.5) is 0 Å². The average Bonchev–Trinajstić information content (AvgIpc) is 3.08. The molecule has 0 unspecified atom stereocenters. The van der Waals surface area contributed by atoms with Gasteiger partial charge in [-0.25, -0.2) is 0 Å². The maximum Gasteiger partial charge on any atom is 0.326 e. The van der Waals surface area contributed by atoms with Crippen LogP contribution in [0.5, 0.6) is 11.5 Å². The lowest BCUT2D eigenvalue weighted by atomic mass is 10.2. The normalized spacial score (nSPS) is 11.5. The van der Waals surface area contributed by atoms with E-state index in [2.05, 4.69) is 4.99 Å². The number of esters is 1. The van der Waals surface area contributed by atoms with Crippen LogP contribution in [0.1, 0.15) is 17.3 Å². The summed E-state index contributed by atoms with van der Waals surface area (Å²) in [6, 6.07) is 10.8. The molecule has 0 spiro atoms. The van der Waals surface area contributed by atoms with Crippen LogP contribution in [-0.4, -0.2) is 43.5 Å². The van der Waals surface area contributed by atoms with Gasteiger partial charge >= 0.3 is 5.97 Å². The van der Waals surface area contributed by atoms with Gasteiger partial charge < -0.3 is 18.8 Å². The van der Waals surface area contributed by atoms with Crippen molar-refractivity contribution >= 4 is 45.2 Å². The summed E-state index contributed by atoms with van der Waals surface area (Å²) >= 11 is 2.89. The van der Waals surface area contributed by atoms with Gasteiger partial charge in [-0.2, -0.15) is 4.99 Å². The number of aromatic nitrogens is 1. The van der Waals surface area contributed by atoms with Gasteiger partial charge in [-0.05, 0) is 37.4 Å². The molecule has 0 radical (unpaired) electrons. The molecule has 0 bridgehead atoms. The van der Waals surface area contributed by atoms with E-state index < -0.39 is 5.97 Å². The summed E-state index contributed by atoms with van der Waals surface area (Å²) in [4.78, 5) is 30.7. The monoisotopic (exact) mass is 446 g/mol. The first-order chi connectivity index (χ1) is 14.5. The van der Waals surface area contributed by atoms with Crippen molar-refractivity contribution in [3.63, 3.8) is 0 Å². The van der Waals surface area contributed by atoms with Gasteiger partial charge in [0.15, 0.2) is 16.3 Å². The van der Waals surface area contributed by atoms with Gasteiger partial charge in [0, 0.05) is 22.6 Å². The van der Waals surface area contributed by atoms with Gasteiger partial charge in [0.2, 0.25) is 0 Å². The highest BCUT2D eigenvalue weighted by Crippen LogP contribution is 2.33. The Morgan fingerprint density at radius 2 is 1.77 bits per heavy atom. The first-order valence-electron chi connectivity index (χ1n) is 9.14. The molecule has 0 aliphatic heterocycles. The molecule has 0 aliphatic rings. The molecule has 0 saturated heterocycles. The van der Waals surface area contributed by atoms with E-state index in [9.17, 15) is 9.59 Å². The van der Waals surface area contributed by atoms with E-state index in [1.165, 1.54) is 11.3 Å². The molecule has 1 heterocycles. The third kappa shape index (κ3) is 4.68. The molecule has 9 heteroatoms. The first kappa shape index (κ1) is 21.9. The van der Waals surface area contributed by atoms with Gasteiger partial charge in [-0.15, -0.1) is 11.8 Å². The number of benzene rings is 2. The van der Waals surface area contributed by atoms with Crippen LogP contribution in [0.2, 0.25) is 0 Å². The number of hydrogen-bond donors (Lipinski definition) is 0. The lowest BCUT2D eigenvalue weighted by Crippen LogP contribution is -2.23. The Morgan fingerprint density at radius 1 is 1.10 bits per heavy atom. The highest BCUT2D eigenvalue weighted by atomic mass is 32.2. The lowest BCUT2D eigenvalue weighted by Gasteiger charge is -2.09. The van der Waals surface area contributed by atoms with Crippen LogP contribution in [0.3, 0.4) is 0 Å². The van der Waals surface area contributed by atoms with Gasteiger partial charge in [0.25, 0.3) is 5.91 Å². The summed E-state index contributed by atoms with van der Waals surface area (Å²) < 4.78 is 18.3. The van der Waals surface area contributed by atoms with Crippen molar-refractivity contribution < 1.29 is 23.8 Å². The van der Waals surface area contributed by atoms with Gasteiger partial charge in [-0.1, -0.05) is 11.3 Å². The summed E-state index contributed by atoms with van der Waals surface area (Å²) in [6.45, 7) is 1.95. The summed E-state index contributed by atoms with van der Waals surface area (Å²) in [6.07, 6.45) is 1.97. The number of amides is 1. The molecular formula is C21H22N2O5S2. The quantitative estimate of drug-likeness (QED) is 0.406. The maximum atomic E-state index is 12.8. The summed E-state index contributed by atoms with van der Waals surface area (Å²) in [7, 11) is 3.09. The molecule has 0 N–H and O–H groups in total. The molecule has 7 nitrogen and oxygen atoms in total. The SMILES string of the molecule is CCOC(=O)Cn1c(=NC(=O)c2ccc(SC)cc2)sc2cc(OC)c(OC)cc21. The van der Waals surface area contributed by atoms with E-state index >= 15 is 0 Å². The largest absolute Gasteiger partial charge is 0.493 e. The Kier molecular flexibility index (Phi) is 7.17. The Hall–Kier alpha value is -2.78. The molecule has 2 aromatic carbocycles. The van der Waals surface area contributed by atoms with Crippen molar-refractivity contribution in [2.75, 3.05) is 27.1 Å². The van der Waals surface area contributed by atoms with Crippen molar-refractivity contribution in [1.82, 2.24) is 4.57 Å². The van der Waals surface area contributed by atoms with Crippen LogP contribution in [0.25, 0.3) is 10.2 Å². The molecule has 1 aromatic heterocycles. The van der Waals surface area contributed by atoms with Crippen LogP contribution in [-0.2, 0) is 16.1 Å². The average molecular weight is 447 g/mol. The van der Waals surface area contributed by atoms with Crippen LogP contribution < -0.4 is 14.3 Å². The molecular weight excluding hydrogens is 424 g/mol. The Bertz CT molecular complexity index is 1130. The fourth-order valence-corrected chi connectivity index (χ4v) is 4.30. The topological polar surface area (TPSA) is 79.1 Å². The smallest absolute Gasteiger partial charge is 0.326 e. The van der Waals surface area contributed by atoms with Crippen molar-refractivity contribution in [1.29, 1.82) is 0 Å². The van der Waals surface area contributed by atoms with Gasteiger partial charge in [0.05, 0.1) is 31.0 Å². The number of nitrogens with zero attached hydrogens (tertiary/aromatic N) is 2. The number of fused-ring (bicyclic) bond motifs is 1. The number of rotatable bonds is 7. The van der Waals surface area contributed by atoms with E-state index in [4.69, 9.17) is 14.2 Å². The second kappa shape index (κ2) is 9.82. The minimum atomic E-state index is -0.412. The van der Waals surface area contributed by atoms with Gasteiger partial charge in [-0.3, -0.25) is 9.59 Å². The summed E-state index contributed by atoms with van der Waals surface area (Å²) in [5.74, 6) is 0.280. The number of methoxy groups -OCH3 is 2. The van der Waals surface area contributed by atoms with Crippen molar-refractivity contribution in [2.45, 2.75) is 18.4 Å². The fourth-order valence-electron chi connectivity index (χ4n) is 2.86. The molecule has 158 valence electrons. The van der Waals surface area contributed by atoms with E-state index in [1.54, 1.807) is 61.7 Å². The van der Waals surface area contributed by atoms with Crippen LogP contribution in [0, 0.1) is 0 Å². The van der Waals surface area contributed by atoms with Crippen molar-refractivity contribution in [3.8, 4) is 11.5 Å². The number of hydrogen-bond acceptors (Lipinski definition) is 7. The third-order valence-electron chi connectivity index (χ3n) is 4.31. The summed E-state index contributed by atoms with van der Waals surface area (Å²) in [5.41, 5.74) is 1.18. The lowest BCUT2D eigenvalue weighted by molar-refractivity contribution is -0.143. The van der Waals surface area contributed by atoms with Crippen molar-refractivity contribution in [2.24, 2.45) is 4.99 Å². The predicted octanol–water partition coefficient (Wildman–Crippen LogP) is 3.75. The highest BCUT2D eigenvalue weighted by Gasteiger charge is 2.16. The Balaban J connectivity index is 2.13. The molecule has 0 aliphatic carbocycles. The minimum Gasteiger partial charge on any atom is -0.493 e. The van der Waals surface area contributed by atoms with E-state index in [0.717, 1.165) is 9.60 Å². The molecule has 3 aromatic rings. The Morgan fingerprint density at radius 3 is 2.37 bits per heavy atom. The maximum absolute atomic E-state index is 12.8. The predicted molar refractivity (Wildman–Crippen MR) is 118 cm³/mol. The second-order valence-electron chi connectivity index (χ2n) is 6.10. The Labute approximate surface area is 182 Å². The molecule has 0 fully saturated rings. The highest BCUT2D eigenvalue weighted by molar-refractivity contribution is 7.98. The van der Waals surface area contributed by atoms with E-state index in [-0.39, 0.29) is 19.1 Å². The number of carbonyl (C=O) groups excluding carboxylic acids is 2. The minimum absolute atomic E-state index is 0.0686. The molecule has 1 amide bonds. The first-order valence-corrected chi connectivity index (χ1v) is 11.2. The van der Waals surface area contributed by atoms with Gasteiger partial charge in [0.1, 0.15) is 6.54 Å². The molecule has 0 atom stereocenters. The second-order valence-corrected chi connectivity index (χ2v) is 7.98. The third-order valence-corrected chi connectivity index (χ3v) is 6.10. The zero-order valence-corrected chi connectivity index (χ0v) is 18.8. The molecule has 3 rings (SSSR count). The zero-order valence-electron chi connectivity index (χ0n) is 17.1.